The Balaban J connectivity index is 2.45. The van der Waals surface area contributed by atoms with Crippen LogP contribution >= 0.6 is 0 Å². The number of aromatic nitrogens is 2. The lowest BCUT2D eigenvalue weighted by Crippen LogP contribution is -2.10. The van der Waals surface area contributed by atoms with Crippen LogP contribution in [0.1, 0.15) is 23.0 Å². The lowest BCUT2D eigenvalue weighted by molar-refractivity contribution is 0.0527. The summed E-state index contributed by atoms with van der Waals surface area (Å²) in [5.74, 6) is -0.416. The number of nitrogen functional groups attached to an aromatic ring is 1. The molecule has 0 aliphatic carbocycles. The molecule has 0 fully saturated rings. The van der Waals surface area contributed by atoms with Crippen molar-refractivity contribution in [2.75, 3.05) is 12.3 Å². The number of ether oxygens (including phenoxy) is 1. The molecular weight excluding hydrogens is 230 g/mol. The summed E-state index contributed by atoms with van der Waals surface area (Å²) < 4.78 is 6.60. The largest absolute Gasteiger partial charge is 0.462 e. The summed E-state index contributed by atoms with van der Waals surface area (Å²) in [6.07, 6.45) is 1.80. The monoisotopic (exact) mass is 245 g/mol. The summed E-state index contributed by atoms with van der Waals surface area (Å²) in [5, 5.41) is 4.27. The van der Waals surface area contributed by atoms with E-state index < -0.39 is 5.97 Å². The Morgan fingerprint density at radius 2 is 2.22 bits per heavy atom. The van der Waals surface area contributed by atoms with Crippen LogP contribution in [0.4, 0.5) is 5.69 Å². The minimum absolute atomic E-state index is 0.323. The van der Waals surface area contributed by atoms with Gasteiger partial charge in [0.2, 0.25) is 0 Å². The van der Waals surface area contributed by atoms with Gasteiger partial charge in [0, 0.05) is 6.20 Å². The number of hydrogen-bond acceptors (Lipinski definition) is 4. The quantitative estimate of drug-likeness (QED) is 0.662. The average molecular weight is 245 g/mol. The van der Waals surface area contributed by atoms with Crippen molar-refractivity contribution in [1.82, 2.24) is 9.78 Å². The fourth-order valence-electron chi connectivity index (χ4n) is 1.69. The molecule has 0 radical (unpaired) electrons. The third kappa shape index (κ3) is 2.20. The molecule has 5 nitrogen and oxygen atoms in total. The van der Waals surface area contributed by atoms with Crippen LogP contribution in [0.15, 0.2) is 30.5 Å². The van der Waals surface area contributed by atoms with Gasteiger partial charge in [-0.25, -0.2) is 9.48 Å². The maximum atomic E-state index is 11.7. The highest BCUT2D eigenvalue weighted by Gasteiger charge is 2.14. The highest BCUT2D eigenvalue weighted by atomic mass is 16.5. The minimum atomic E-state index is -0.416. The number of carbonyl (C=O) groups is 1. The van der Waals surface area contributed by atoms with Gasteiger partial charge >= 0.3 is 5.97 Å². The number of anilines is 1. The van der Waals surface area contributed by atoms with Crippen LogP contribution in [0, 0.1) is 6.92 Å². The van der Waals surface area contributed by atoms with Crippen molar-refractivity contribution in [2.24, 2.45) is 0 Å². The van der Waals surface area contributed by atoms with Crippen LogP contribution < -0.4 is 5.73 Å². The van der Waals surface area contributed by atoms with E-state index in [2.05, 4.69) is 5.10 Å². The van der Waals surface area contributed by atoms with Gasteiger partial charge in [0.25, 0.3) is 0 Å². The van der Waals surface area contributed by atoms with Gasteiger partial charge in [0.1, 0.15) is 0 Å². The first kappa shape index (κ1) is 12.2. The first-order valence-electron chi connectivity index (χ1n) is 5.71. The van der Waals surface area contributed by atoms with Crippen LogP contribution in [0.25, 0.3) is 5.69 Å². The second-order valence-corrected chi connectivity index (χ2v) is 3.86. The van der Waals surface area contributed by atoms with Crippen LogP contribution in [0.2, 0.25) is 0 Å². The second kappa shape index (κ2) is 4.91. The number of nitrogens with two attached hydrogens (primary N) is 1. The van der Waals surface area contributed by atoms with Gasteiger partial charge in [-0.3, -0.25) is 0 Å². The Kier molecular flexibility index (Phi) is 3.32. The van der Waals surface area contributed by atoms with Gasteiger partial charge < -0.3 is 10.5 Å². The summed E-state index contributed by atoms with van der Waals surface area (Å²) in [7, 11) is 0. The van der Waals surface area contributed by atoms with E-state index in [0.717, 1.165) is 5.69 Å². The van der Waals surface area contributed by atoms with E-state index >= 15 is 0 Å². The van der Waals surface area contributed by atoms with E-state index in [1.165, 1.54) is 0 Å². The number of esters is 1. The summed E-state index contributed by atoms with van der Waals surface area (Å²) >= 11 is 0. The van der Waals surface area contributed by atoms with E-state index in [1.54, 1.807) is 29.9 Å². The summed E-state index contributed by atoms with van der Waals surface area (Å²) in [6, 6.07) is 7.09. The lowest BCUT2D eigenvalue weighted by atomic mass is 10.1. The predicted molar refractivity (Wildman–Crippen MR) is 68.7 cm³/mol. The van der Waals surface area contributed by atoms with Crippen molar-refractivity contribution in [1.29, 1.82) is 0 Å². The predicted octanol–water partition coefficient (Wildman–Crippen LogP) is 1.94. The molecule has 0 bridgehead atoms. The third-order valence-electron chi connectivity index (χ3n) is 2.55. The number of benzene rings is 1. The molecule has 18 heavy (non-hydrogen) atoms. The van der Waals surface area contributed by atoms with Gasteiger partial charge in [-0.1, -0.05) is 6.07 Å². The fraction of sp³-hybridized carbons (Fsp3) is 0.231. The molecule has 0 spiro atoms. The van der Waals surface area contributed by atoms with Gasteiger partial charge in [-0.2, -0.15) is 5.10 Å². The zero-order chi connectivity index (χ0) is 13.1. The molecule has 1 aromatic heterocycles. The highest BCUT2D eigenvalue weighted by Crippen LogP contribution is 2.22. The van der Waals surface area contributed by atoms with Crippen molar-refractivity contribution in [3.05, 3.63) is 41.7 Å². The summed E-state index contributed by atoms with van der Waals surface area (Å²) in [5.41, 5.74) is 8.29. The number of rotatable bonds is 3. The molecule has 0 amide bonds. The molecule has 2 N–H and O–H groups in total. The van der Waals surface area contributed by atoms with Crippen LogP contribution in [0.5, 0.6) is 0 Å². The zero-order valence-corrected chi connectivity index (χ0v) is 10.4. The van der Waals surface area contributed by atoms with Crippen molar-refractivity contribution < 1.29 is 9.53 Å². The number of aryl methyl sites for hydroxylation is 1. The highest BCUT2D eigenvalue weighted by molar-refractivity contribution is 5.97. The summed E-state index contributed by atoms with van der Waals surface area (Å²) in [6.45, 7) is 3.97. The molecule has 2 rings (SSSR count). The Morgan fingerprint density at radius 1 is 1.44 bits per heavy atom. The van der Waals surface area contributed by atoms with Crippen molar-refractivity contribution in [2.45, 2.75) is 13.8 Å². The molecule has 1 heterocycles. The lowest BCUT2D eigenvalue weighted by Gasteiger charge is -2.10. The standard InChI is InChI=1S/C13H15N3O2/c1-3-18-13(17)10-5-4-6-11(12(10)14)16-8-7-9(2)15-16/h4-8H,3,14H2,1-2H3. The Hall–Kier alpha value is -2.30. The van der Waals surface area contributed by atoms with E-state index in [9.17, 15) is 4.79 Å². The molecule has 1 aromatic carbocycles. The molecular formula is C13H15N3O2. The first-order chi connectivity index (χ1) is 8.63. The van der Waals surface area contributed by atoms with Crippen LogP contribution in [0.3, 0.4) is 0 Å². The Bertz CT molecular complexity index is 575. The average Bonchev–Trinajstić information content (AvgIpc) is 2.76. The molecule has 0 aliphatic heterocycles. The van der Waals surface area contributed by atoms with E-state index in [0.29, 0.717) is 23.5 Å². The molecule has 0 atom stereocenters. The van der Waals surface area contributed by atoms with E-state index in [-0.39, 0.29) is 0 Å². The number of carbonyl (C=O) groups excluding carboxylic acids is 1. The normalized spacial score (nSPS) is 10.3. The van der Waals surface area contributed by atoms with Crippen molar-refractivity contribution in [3.63, 3.8) is 0 Å². The molecule has 0 unspecified atom stereocenters. The van der Waals surface area contributed by atoms with Crippen LogP contribution in [-0.4, -0.2) is 22.4 Å². The van der Waals surface area contributed by atoms with Gasteiger partial charge in [0.05, 0.1) is 29.2 Å². The first-order valence-corrected chi connectivity index (χ1v) is 5.71. The molecule has 5 heteroatoms. The smallest absolute Gasteiger partial charge is 0.340 e. The second-order valence-electron chi connectivity index (χ2n) is 3.86. The molecule has 94 valence electrons. The summed E-state index contributed by atoms with van der Waals surface area (Å²) in [4.78, 5) is 11.7. The molecule has 0 aliphatic rings. The number of para-hydroxylation sites is 1. The minimum Gasteiger partial charge on any atom is -0.462 e. The third-order valence-corrected chi connectivity index (χ3v) is 2.55. The molecule has 2 aromatic rings. The van der Waals surface area contributed by atoms with Gasteiger partial charge in [-0.05, 0) is 32.0 Å². The fourth-order valence-corrected chi connectivity index (χ4v) is 1.69. The molecule has 0 saturated heterocycles. The Morgan fingerprint density at radius 3 is 2.83 bits per heavy atom. The number of nitrogens with zero attached hydrogens (tertiary/aromatic N) is 2. The van der Waals surface area contributed by atoms with E-state index in [1.807, 2.05) is 19.1 Å². The number of hydrogen-bond donors (Lipinski definition) is 1. The van der Waals surface area contributed by atoms with Gasteiger partial charge in [0.15, 0.2) is 0 Å². The topological polar surface area (TPSA) is 70.1 Å². The van der Waals surface area contributed by atoms with E-state index in [4.69, 9.17) is 10.5 Å². The zero-order valence-electron chi connectivity index (χ0n) is 10.4. The van der Waals surface area contributed by atoms with Crippen LogP contribution in [-0.2, 0) is 4.74 Å². The van der Waals surface area contributed by atoms with Crippen molar-refractivity contribution in [3.8, 4) is 5.69 Å². The SMILES string of the molecule is CCOC(=O)c1cccc(-n2ccc(C)n2)c1N. The van der Waals surface area contributed by atoms with Crippen molar-refractivity contribution >= 4 is 11.7 Å². The van der Waals surface area contributed by atoms with Gasteiger partial charge in [-0.15, -0.1) is 0 Å². The maximum absolute atomic E-state index is 11.7. The Labute approximate surface area is 105 Å². The maximum Gasteiger partial charge on any atom is 0.340 e. The molecule has 0 saturated carbocycles.